The lowest BCUT2D eigenvalue weighted by atomic mass is 9.76. The Morgan fingerprint density at radius 1 is 0.846 bits per heavy atom. The average Bonchev–Trinajstić information content (AvgIpc) is 4.09. The van der Waals surface area contributed by atoms with E-state index >= 15 is 0 Å². The molecule has 2 aromatic heterocycles. The molecule has 7 rings (SSSR count). The lowest BCUT2D eigenvalue weighted by Gasteiger charge is -2.38. The number of hydrogen-bond acceptors (Lipinski definition) is 16. The van der Waals surface area contributed by atoms with E-state index in [0.29, 0.717) is 53.3 Å². The third-order valence-electron chi connectivity index (χ3n) is 12.7. The Morgan fingerprint density at radius 3 is 2.06 bits per heavy atom. The van der Waals surface area contributed by atoms with Gasteiger partial charge in [-0.2, -0.15) is 4.72 Å². The Balaban J connectivity index is 0.970. The SMILES string of the molecule is COC(=O)[C@H](CNC(=O)c1cn(C)c2cc(CNc3nccn3C(c3ccccc3)(c3ccccc3)c3ccccc3)ccc2c1=O)NS(=O)(=O)c1c(C)cc(OCCCC(=O)NCCNC(=O)[C@@H](N)CSOOO)cc1C. The molecule has 8 N–H and O–H groups in total. The van der Waals surface area contributed by atoms with Crippen LogP contribution in [0.25, 0.3) is 10.9 Å². The van der Waals surface area contributed by atoms with Crippen LogP contribution in [0, 0.1) is 13.8 Å². The number of sulfonamides is 1. The fourth-order valence-electron chi connectivity index (χ4n) is 9.14. The van der Waals surface area contributed by atoms with Gasteiger partial charge in [0.05, 0.1) is 30.2 Å². The highest BCUT2D eigenvalue weighted by atomic mass is 32.2. The summed E-state index contributed by atoms with van der Waals surface area (Å²) in [5, 5.41) is 23.2. The van der Waals surface area contributed by atoms with Gasteiger partial charge >= 0.3 is 5.97 Å². The molecule has 78 heavy (non-hydrogen) atoms. The lowest BCUT2D eigenvalue weighted by molar-refractivity contribution is -0.432. The van der Waals surface area contributed by atoms with Gasteiger partial charge < -0.3 is 41.0 Å². The van der Waals surface area contributed by atoms with Crippen LogP contribution in [-0.4, -0.2) is 103 Å². The number of amides is 3. The van der Waals surface area contributed by atoms with E-state index in [4.69, 9.17) is 25.4 Å². The summed E-state index contributed by atoms with van der Waals surface area (Å²) in [5.41, 5.74) is 9.14. The summed E-state index contributed by atoms with van der Waals surface area (Å²) >= 11 is 0.646. The summed E-state index contributed by atoms with van der Waals surface area (Å²) in [6.07, 6.45) is 5.53. The number of rotatable bonds is 27. The van der Waals surface area contributed by atoms with Crippen molar-refractivity contribution < 1.29 is 51.7 Å². The molecule has 0 saturated heterocycles. The molecule has 21 nitrogen and oxygen atoms in total. The maximum atomic E-state index is 14.0. The van der Waals surface area contributed by atoms with Gasteiger partial charge in [0.25, 0.3) is 5.91 Å². The first-order valence-corrected chi connectivity index (χ1v) is 27.1. The number of anilines is 1. The summed E-state index contributed by atoms with van der Waals surface area (Å²) in [7, 11) is -1.65. The third kappa shape index (κ3) is 13.8. The number of imidazole rings is 1. The number of ether oxygens (including phenoxy) is 2. The van der Waals surface area contributed by atoms with Gasteiger partial charge in [-0.3, -0.25) is 28.5 Å². The zero-order valence-corrected chi connectivity index (χ0v) is 44.9. The first-order valence-electron chi connectivity index (χ1n) is 24.7. The molecule has 0 aliphatic heterocycles. The van der Waals surface area contributed by atoms with Crippen LogP contribution in [-0.2, 0) is 57.6 Å². The van der Waals surface area contributed by atoms with E-state index in [1.165, 1.54) is 18.3 Å². The third-order valence-corrected chi connectivity index (χ3v) is 15.1. The molecule has 0 aliphatic rings. The molecule has 3 amide bonds. The predicted octanol–water partition coefficient (Wildman–Crippen LogP) is 4.84. The number of fused-ring (bicyclic) bond motifs is 1. The van der Waals surface area contributed by atoms with E-state index in [0.717, 1.165) is 29.4 Å². The monoisotopic (exact) mass is 1100 g/mol. The molecule has 23 heteroatoms. The summed E-state index contributed by atoms with van der Waals surface area (Å²) in [6, 6.07) is 36.5. The topological polar surface area (TPSA) is 286 Å². The quantitative estimate of drug-likeness (QED) is 0.00906. The normalized spacial score (nSPS) is 12.3. The summed E-state index contributed by atoms with van der Waals surface area (Å²) in [5.74, 6) is -1.62. The number of aryl methyl sites for hydroxylation is 3. The Bertz CT molecular complexity index is 3260. The molecule has 410 valence electrons. The van der Waals surface area contributed by atoms with E-state index in [-0.39, 0.29) is 53.6 Å². The number of esters is 1. The Labute approximate surface area is 454 Å². The van der Waals surface area contributed by atoms with Crippen molar-refractivity contribution in [2.45, 2.75) is 55.8 Å². The van der Waals surface area contributed by atoms with E-state index < -0.39 is 57.4 Å². The number of carbonyl (C=O) groups is 4. The average molecular weight is 1100 g/mol. The van der Waals surface area contributed by atoms with Gasteiger partial charge in [0.15, 0.2) is 0 Å². The van der Waals surface area contributed by atoms with Crippen LogP contribution < -0.4 is 41.9 Å². The van der Waals surface area contributed by atoms with Crippen molar-refractivity contribution in [3.63, 3.8) is 0 Å². The molecule has 2 atom stereocenters. The molecule has 0 radical (unpaired) electrons. The van der Waals surface area contributed by atoms with Crippen molar-refractivity contribution in [2.24, 2.45) is 12.8 Å². The molecular formula is C55H61N9O12S2. The zero-order chi connectivity index (χ0) is 55.8. The van der Waals surface area contributed by atoms with Crippen molar-refractivity contribution >= 4 is 62.6 Å². The molecule has 2 heterocycles. The van der Waals surface area contributed by atoms with Gasteiger partial charge in [-0.1, -0.05) is 102 Å². The van der Waals surface area contributed by atoms with Gasteiger partial charge in [-0.05, 0) is 77.9 Å². The highest BCUT2D eigenvalue weighted by Crippen LogP contribution is 2.42. The van der Waals surface area contributed by atoms with Crippen LogP contribution in [0.2, 0.25) is 0 Å². The molecule has 0 fully saturated rings. The first kappa shape index (κ1) is 57.8. The number of methoxy groups -OCH3 is 1. The molecule has 5 aromatic carbocycles. The van der Waals surface area contributed by atoms with Crippen molar-refractivity contribution in [1.82, 2.24) is 34.8 Å². The van der Waals surface area contributed by atoms with E-state index in [1.807, 2.05) is 66.9 Å². The van der Waals surface area contributed by atoms with Crippen LogP contribution in [0.4, 0.5) is 5.95 Å². The second kappa shape index (κ2) is 26.9. The maximum Gasteiger partial charge on any atom is 0.325 e. The zero-order valence-electron chi connectivity index (χ0n) is 43.3. The summed E-state index contributed by atoms with van der Waals surface area (Å²) in [6.45, 7) is 3.28. The van der Waals surface area contributed by atoms with Crippen LogP contribution in [0.1, 0.15) is 56.6 Å². The second-order valence-corrected chi connectivity index (χ2v) is 20.4. The highest BCUT2D eigenvalue weighted by Gasteiger charge is 2.40. The second-order valence-electron chi connectivity index (χ2n) is 18.0. The molecular weight excluding hydrogens is 1040 g/mol. The molecule has 0 saturated carbocycles. The van der Waals surface area contributed by atoms with Gasteiger partial charge in [0.2, 0.25) is 33.2 Å². The predicted molar refractivity (Wildman–Crippen MR) is 294 cm³/mol. The highest BCUT2D eigenvalue weighted by molar-refractivity contribution is 7.94. The largest absolute Gasteiger partial charge is 0.494 e. The van der Waals surface area contributed by atoms with Crippen molar-refractivity contribution in [3.8, 4) is 5.75 Å². The minimum atomic E-state index is -4.42. The molecule has 0 spiro atoms. The fraction of sp³-hybridized carbons (Fsp3) is 0.273. The number of nitrogens with one attached hydrogen (secondary N) is 5. The fourth-order valence-corrected chi connectivity index (χ4v) is 11.2. The molecule has 0 aliphatic carbocycles. The molecule has 0 unspecified atom stereocenters. The van der Waals surface area contributed by atoms with Crippen molar-refractivity contribution in [2.75, 3.05) is 44.4 Å². The molecule has 7 aromatic rings. The van der Waals surface area contributed by atoms with E-state index in [9.17, 15) is 32.4 Å². The number of carbonyl (C=O) groups excluding carboxylic acids is 4. The van der Waals surface area contributed by atoms with Gasteiger partial charge in [0.1, 0.15) is 22.9 Å². The van der Waals surface area contributed by atoms with Crippen molar-refractivity contribution in [1.29, 1.82) is 0 Å². The van der Waals surface area contributed by atoms with Gasteiger partial charge in [-0.15, -0.1) is 4.33 Å². The number of nitrogens with two attached hydrogens (primary N) is 1. The van der Waals surface area contributed by atoms with Crippen LogP contribution in [0.5, 0.6) is 5.75 Å². The number of hydrogen-bond donors (Lipinski definition) is 7. The van der Waals surface area contributed by atoms with Crippen LogP contribution in [0.3, 0.4) is 0 Å². The van der Waals surface area contributed by atoms with E-state index in [1.54, 1.807) is 43.8 Å². The van der Waals surface area contributed by atoms with Crippen LogP contribution >= 0.6 is 12.0 Å². The Morgan fingerprint density at radius 2 is 1.46 bits per heavy atom. The van der Waals surface area contributed by atoms with Gasteiger partial charge in [0, 0.05) is 81.4 Å². The standard InChI is InChI=1S/C55H61N9O12S2/c1-36-29-42(74-28-14-21-48(65)57-24-25-58-52(68)45(56)35-77-76-75-70)30-37(2)50(36)78(71,72)62-46(53(69)73-4)33-60-51(67)44-34-63(3)47-31-38(22-23-43(47)49(44)66)32-61-54-59-26-27-64(54)55(39-15-8-5-9-16-39,40-17-10-6-11-18-40)41-19-12-7-13-20-41/h5-13,15-20,22-23,26-27,29-31,34,45-46,62,70H,14,21,24-25,28,32-33,35,56H2,1-4H3,(H,57,65)(H,58,68)(H,59,61)(H,60,67)/t45-,46-/m0/s1. The Hall–Kier alpha value is -7.90. The minimum absolute atomic E-state index is 0.0207. The smallest absolute Gasteiger partial charge is 0.325 e. The number of benzene rings is 5. The van der Waals surface area contributed by atoms with Crippen LogP contribution in [0.15, 0.2) is 150 Å². The number of nitrogens with zero attached hydrogens (tertiary/aromatic N) is 3. The van der Waals surface area contributed by atoms with Gasteiger partial charge in [-0.25, -0.2) is 18.7 Å². The Kier molecular flexibility index (Phi) is 19.9. The van der Waals surface area contributed by atoms with E-state index in [2.05, 4.69) is 76.3 Å². The maximum absolute atomic E-state index is 14.0. The number of pyridine rings is 1. The molecule has 0 bridgehead atoms. The first-order chi connectivity index (χ1) is 37.6. The summed E-state index contributed by atoms with van der Waals surface area (Å²) in [4.78, 5) is 69.6. The summed E-state index contributed by atoms with van der Waals surface area (Å²) < 4.78 is 48.8. The minimum Gasteiger partial charge on any atom is -0.494 e. The van der Waals surface area contributed by atoms with Crippen molar-refractivity contribution in [3.05, 3.63) is 189 Å². The lowest BCUT2D eigenvalue weighted by Crippen LogP contribution is -2.49. The number of aromatic nitrogens is 3.